The number of benzene rings is 1. The highest BCUT2D eigenvalue weighted by molar-refractivity contribution is 7.17. The minimum atomic E-state index is 0.231. The van der Waals surface area contributed by atoms with Crippen LogP contribution in [0.15, 0.2) is 17.5 Å². The lowest BCUT2D eigenvalue weighted by Crippen LogP contribution is -1.88. The van der Waals surface area contributed by atoms with Crippen LogP contribution in [0.4, 0.5) is 0 Å². The predicted molar refractivity (Wildman–Crippen MR) is 57.6 cm³/mol. The van der Waals surface area contributed by atoms with Gasteiger partial charge in [0.15, 0.2) is 0 Å². The summed E-state index contributed by atoms with van der Waals surface area (Å²) in [7, 11) is 0. The molecule has 2 nitrogen and oxygen atoms in total. The van der Waals surface area contributed by atoms with Gasteiger partial charge >= 0.3 is 0 Å². The topological polar surface area (TPSA) is 44.0 Å². The van der Waals surface area contributed by atoms with Crippen LogP contribution in [0.3, 0.4) is 0 Å². The zero-order valence-electron chi connectivity index (χ0n) is 7.74. The second-order valence-electron chi connectivity index (χ2n) is 3.05. The molecular weight excluding hydrogens is 194 g/mol. The van der Waals surface area contributed by atoms with E-state index >= 15 is 0 Å². The van der Waals surface area contributed by atoms with Crippen LogP contribution < -0.4 is 0 Å². The highest BCUT2D eigenvalue weighted by Crippen LogP contribution is 2.33. The molecule has 0 aliphatic rings. The van der Waals surface area contributed by atoms with Gasteiger partial charge in [0.25, 0.3) is 0 Å². The molecular formula is C11H9NOS. The molecule has 70 valence electrons. The Kier molecular flexibility index (Phi) is 2.14. The van der Waals surface area contributed by atoms with E-state index < -0.39 is 0 Å². The zero-order valence-corrected chi connectivity index (χ0v) is 8.56. The molecule has 0 fully saturated rings. The highest BCUT2D eigenvalue weighted by atomic mass is 32.1. The molecule has 2 rings (SSSR count). The van der Waals surface area contributed by atoms with Crippen molar-refractivity contribution in [3.63, 3.8) is 0 Å². The summed E-state index contributed by atoms with van der Waals surface area (Å²) in [5, 5.41) is 21.6. The van der Waals surface area contributed by atoms with Gasteiger partial charge in [-0.05, 0) is 29.3 Å². The van der Waals surface area contributed by atoms with Gasteiger partial charge in [-0.25, -0.2) is 0 Å². The third-order valence-corrected chi connectivity index (χ3v) is 3.24. The molecule has 1 aromatic carbocycles. The van der Waals surface area contributed by atoms with Crippen LogP contribution in [0.2, 0.25) is 0 Å². The first kappa shape index (κ1) is 9.04. The van der Waals surface area contributed by atoms with Crippen molar-refractivity contribution in [1.82, 2.24) is 0 Å². The summed E-state index contributed by atoms with van der Waals surface area (Å²) in [4.78, 5) is 0. The molecule has 0 saturated heterocycles. The van der Waals surface area contributed by atoms with E-state index in [1.165, 1.54) is 0 Å². The average molecular weight is 203 g/mol. The van der Waals surface area contributed by atoms with Crippen LogP contribution in [0.1, 0.15) is 18.1 Å². The van der Waals surface area contributed by atoms with Crippen molar-refractivity contribution in [2.45, 2.75) is 13.3 Å². The quantitative estimate of drug-likeness (QED) is 0.774. The Labute approximate surface area is 86.0 Å². The van der Waals surface area contributed by atoms with Crippen LogP contribution >= 0.6 is 11.3 Å². The lowest BCUT2D eigenvalue weighted by Gasteiger charge is -2.04. The number of rotatable bonds is 1. The van der Waals surface area contributed by atoms with Gasteiger partial charge in [0.2, 0.25) is 0 Å². The minimum absolute atomic E-state index is 0.231. The van der Waals surface area contributed by atoms with Crippen molar-refractivity contribution in [3.05, 3.63) is 28.6 Å². The van der Waals surface area contributed by atoms with Crippen molar-refractivity contribution >= 4 is 21.4 Å². The lowest BCUT2D eigenvalue weighted by molar-refractivity contribution is 0.469. The number of phenols is 1. The van der Waals surface area contributed by atoms with Crippen LogP contribution in [0.5, 0.6) is 5.75 Å². The van der Waals surface area contributed by atoms with Crippen LogP contribution in [0, 0.1) is 11.3 Å². The van der Waals surface area contributed by atoms with Gasteiger partial charge < -0.3 is 5.11 Å². The van der Waals surface area contributed by atoms with Crippen LogP contribution in [-0.2, 0) is 6.42 Å². The molecule has 0 unspecified atom stereocenters. The van der Waals surface area contributed by atoms with Gasteiger partial charge in [0.05, 0.1) is 10.3 Å². The molecule has 2 aromatic rings. The summed E-state index contributed by atoms with van der Waals surface area (Å²) < 4.78 is 0.974. The van der Waals surface area contributed by atoms with E-state index in [1.807, 2.05) is 18.4 Å². The smallest absolute Gasteiger partial charge is 0.120 e. The molecule has 0 saturated carbocycles. The minimum Gasteiger partial charge on any atom is -0.508 e. The van der Waals surface area contributed by atoms with Gasteiger partial charge in [0.1, 0.15) is 11.8 Å². The Bertz CT molecular complexity index is 522. The summed E-state index contributed by atoms with van der Waals surface area (Å²) in [6, 6.07) is 5.81. The molecule has 0 aliphatic heterocycles. The van der Waals surface area contributed by atoms with E-state index in [-0.39, 0.29) is 5.75 Å². The first-order chi connectivity index (χ1) is 6.77. The summed E-state index contributed by atoms with van der Waals surface area (Å²) in [6.45, 7) is 1.94. The fraction of sp³-hybridized carbons (Fsp3) is 0.182. The van der Waals surface area contributed by atoms with Gasteiger partial charge in [-0.15, -0.1) is 11.3 Å². The highest BCUT2D eigenvalue weighted by Gasteiger charge is 2.11. The van der Waals surface area contributed by atoms with Crippen molar-refractivity contribution in [2.75, 3.05) is 0 Å². The Morgan fingerprint density at radius 2 is 2.36 bits per heavy atom. The average Bonchev–Trinajstić information content (AvgIpc) is 2.62. The maximum Gasteiger partial charge on any atom is 0.120 e. The Morgan fingerprint density at radius 3 is 3.00 bits per heavy atom. The normalized spacial score (nSPS) is 10.3. The molecule has 1 heterocycles. The Hall–Kier alpha value is -1.53. The first-order valence-corrected chi connectivity index (χ1v) is 5.28. The fourth-order valence-electron chi connectivity index (χ4n) is 1.61. The van der Waals surface area contributed by atoms with E-state index in [0.29, 0.717) is 12.0 Å². The molecule has 0 amide bonds. The number of fused-ring (bicyclic) bond motifs is 1. The largest absolute Gasteiger partial charge is 0.508 e. The lowest BCUT2D eigenvalue weighted by atomic mass is 10.0. The first-order valence-electron chi connectivity index (χ1n) is 4.40. The van der Waals surface area contributed by atoms with Crippen molar-refractivity contribution in [1.29, 1.82) is 5.26 Å². The number of aromatic hydroxyl groups is 1. The van der Waals surface area contributed by atoms with E-state index in [4.69, 9.17) is 5.26 Å². The predicted octanol–water partition coefficient (Wildman–Crippen LogP) is 3.04. The third kappa shape index (κ3) is 1.16. The van der Waals surface area contributed by atoms with E-state index in [2.05, 4.69) is 6.07 Å². The maximum absolute atomic E-state index is 9.69. The molecule has 0 radical (unpaired) electrons. The number of nitriles is 1. The van der Waals surface area contributed by atoms with Crippen molar-refractivity contribution < 1.29 is 5.11 Å². The molecule has 1 aromatic heterocycles. The van der Waals surface area contributed by atoms with Crippen molar-refractivity contribution in [2.24, 2.45) is 0 Å². The summed E-state index contributed by atoms with van der Waals surface area (Å²) in [6.07, 6.45) is 0.683. The van der Waals surface area contributed by atoms with E-state index in [9.17, 15) is 5.11 Å². The Balaban J connectivity index is 2.91. The molecule has 1 N–H and O–H groups in total. The SMILES string of the molecule is CCc1c(O)cc2ccsc2c1C#N. The zero-order chi connectivity index (χ0) is 10.1. The molecule has 14 heavy (non-hydrogen) atoms. The van der Waals surface area contributed by atoms with E-state index in [1.54, 1.807) is 17.4 Å². The number of hydrogen-bond acceptors (Lipinski definition) is 3. The number of hydrogen-bond donors (Lipinski definition) is 1. The van der Waals surface area contributed by atoms with Crippen LogP contribution in [-0.4, -0.2) is 5.11 Å². The van der Waals surface area contributed by atoms with Crippen LogP contribution in [0.25, 0.3) is 10.1 Å². The number of nitrogens with zero attached hydrogens (tertiary/aromatic N) is 1. The molecule has 0 bridgehead atoms. The van der Waals surface area contributed by atoms with Gasteiger partial charge in [-0.1, -0.05) is 6.92 Å². The van der Waals surface area contributed by atoms with Gasteiger partial charge in [-0.3, -0.25) is 0 Å². The second-order valence-corrected chi connectivity index (χ2v) is 3.97. The fourth-order valence-corrected chi connectivity index (χ4v) is 2.51. The third-order valence-electron chi connectivity index (χ3n) is 2.29. The molecule has 3 heteroatoms. The number of phenolic OH excluding ortho intramolecular Hbond substituents is 1. The van der Waals surface area contributed by atoms with Gasteiger partial charge in [0, 0.05) is 5.56 Å². The number of thiophene rings is 1. The second kappa shape index (κ2) is 3.32. The monoisotopic (exact) mass is 203 g/mol. The molecule has 0 aliphatic carbocycles. The maximum atomic E-state index is 9.69. The van der Waals surface area contributed by atoms with Crippen molar-refractivity contribution in [3.8, 4) is 11.8 Å². The summed E-state index contributed by atoms with van der Waals surface area (Å²) >= 11 is 1.54. The van der Waals surface area contributed by atoms with Gasteiger partial charge in [-0.2, -0.15) is 5.26 Å². The summed E-state index contributed by atoms with van der Waals surface area (Å²) in [5.41, 5.74) is 1.37. The molecule has 0 atom stereocenters. The Morgan fingerprint density at radius 1 is 1.57 bits per heavy atom. The molecule has 0 spiro atoms. The van der Waals surface area contributed by atoms with E-state index in [0.717, 1.165) is 15.6 Å². The standard InChI is InChI=1S/C11H9NOS/c1-2-8-9(6-12)11-7(3-4-14-11)5-10(8)13/h3-5,13H,2H2,1H3. The summed E-state index contributed by atoms with van der Waals surface area (Å²) in [5.74, 6) is 0.231.